The fraction of sp³-hybridized carbons (Fsp3) is 0.529. The number of ketones is 1. The van der Waals surface area contributed by atoms with Crippen LogP contribution in [0.5, 0.6) is 0 Å². The number of amides is 1. The summed E-state index contributed by atoms with van der Waals surface area (Å²) in [6.07, 6.45) is 4.41. The summed E-state index contributed by atoms with van der Waals surface area (Å²) in [4.78, 5) is 29.5. The first-order valence-electron chi connectivity index (χ1n) is 7.95. The Balaban J connectivity index is 1.63. The number of likely N-dealkylation sites (tertiary alicyclic amines) is 1. The molecule has 0 N–H and O–H groups in total. The maximum atomic E-state index is 13.4. The Kier molecular flexibility index (Phi) is 4.31. The zero-order valence-corrected chi connectivity index (χ0v) is 13.0. The highest BCUT2D eigenvalue weighted by Crippen LogP contribution is 2.41. The Morgan fingerprint density at radius 1 is 1.38 bits per heavy atom. The molecule has 7 heteroatoms. The number of nitrogens with zero attached hydrogens (tertiary/aromatic N) is 3. The van der Waals surface area contributed by atoms with Gasteiger partial charge in [0.15, 0.2) is 5.78 Å². The van der Waals surface area contributed by atoms with Crippen LogP contribution in [0.2, 0.25) is 0 Å². The lowest BCUT2D eigenvalue weighted by Crippen LogP contribution is -2.36. The van der Waals surface area contributed by atoms with Crippen molar-refractivity contribution in [3.05, 3.63) is 29.6 Å². The van der Waals surface area contributed by atoms with E-state index in [2.05, 4.69) is 4.98 Å². The molecule has 2 heterocycles. The van der Waals surface area contributed by atoms with E-state index in [0.717, 1.165) is 23.3 Å². The van der Waals surface area contributed by atoms with Gasteiger partial charge in [-0.15, -0.1) is 0 Å². The molecule has 2 fully saturated rings. The maximum Gasteiger partial charge on any atom is 0.268 e. The highest BCUT2D eigenvalue weighted by molar-refractivity contribution is 5.99. The van der Waals surface area contributed by atoms with Crippen LogP contribution in [0.3, 0.4) is 0 Å². The van der Waals surface area contributed by atoms with E-state index in [0.29, 0.717) is 11.5 Å². The molecule has 0 aromatic carbocycles. The summed E-state index contributed by atoms with van der Waals surface area (Å²) in [6.45, 7) is -0.749. The van der Waals surface area contributed by atoms with E-state index in [-0.39, 0.29) is 18.6 Å². The summed E-state index contributed by atoms with van der Waals surface area (Å²) in [6, 6.07) is 2.26. The van der Waals surface area contributed by atoms with Crippen LogP contribution in [0.25, 0.3) is 0 Å². The quantitative estimate of drug-likeness (QED) is 0.777. The predicted molar refractivity (Wildman–Crippen MR) is 80.5 cm³/mol. The Labute approximate surface area is 138 Å². The largest absolute Gasteiger partial charge is 0.320 e. The molecule has 126 valence electrons. The smallest absolute Gasteiger partial charge is 0.268 e. The first-order chi connectivity index (χ1) is 11.4. The Hall–Kier alpha value is -2.36. The number of rotatable bonds is 5. The van der Waals surface area contributed by atoms with Crippen molar-refractivity contribution in [2.75, 3.05) is 6.54 Å². The standard InChI is InChI=1S/C17H17F2N3O2/c18-17(19)7-12(8-20)22(10-17)16(24)4-3-15(23)13-5-6-21-9-14(13)11-1-2-11/h5-6,9,11-12H,1-4,7,10H2/t12-/m1/s1. The van der Waals surface area contributed by atoms with Gasteiger partial charge in [0.05, 0.1) is 12.6 Å². The molecule has 2 aliphatic rings. The number of aromatic nitrogens is 1. The van der Waals surface area contributed by atoms with Gasteiger partial charge in [-0.2, -0.15) is 5.26 Å². The molecule has 5 nitrogen and oxygen atoms in total. The van der Waals surface area contributed by atoms with Crippen LogP contribution >= 0.6 is 0 Å². The summed E-state index contributed by atoms with van der Waals surface area (Å²) in [5.41, 5.74) is 1.46. The number of nitriles is 1. The number of hydrogen-bond acceptors (Lipinski definition) is 4. The van der Waals surface area contributed by atoms with Gasteiger partial charge < -0.3 is 4.90 Å². The molecule has 1 saturated carbocycles. The first kappa shape index (κ1) is 16.5. The molecule has 0 spiro atoms. The number of alkyl halides is 2. The van der Waals surface area contributed by atoms with Gasteiger partial charge in [0.25, 0.3) is 5.92 Å². The molecule has 0 bridgehead atoms. The van der Waals surface area contributed by atoms with Gasteiger partial charge in [0.1, 0.15) is 6.04 Å². The minimum Gasteiger partial charge on any atom is -0.320 e. The Morgan fingerprint density at radius 2 is 2.12 bits per heavy atom. The number of Topliss-reactive ketones (excluding diaryl/α,β-unsaturated/α-hetero) is 1. The molecule has 1 atom stereocenters. The number of carbonyl (C=O) groups is 2. The minimum atomic E-state index is -3.04. The predicted octanol–water partition coefficient (Wildman–Crippen LogP) is 2.68. The van der Waals surface area contributed by atoms with Crippen molar-refractivity contribution in [2.24, 2.45) is 0 Å². The summed E-state index contributed by atoms with van der Waals surface area (Å²) < 4.78 is 26.8. The third-order valence-corrected chi connectivity index (χ3v) is 4.47. The zero-order chi connectivity index (χ0) is 17.3. The lowest BCUT2D eigenvalue weighted by atomic mass is 9.99. The normalized spacial score (nSPS) is 22.2. The van der Waals surface area contributed by atoms with E-state index < -0.39 is 30.8 Å². The fourth-order valence-corrected chi connectivity index (χ4v) is 3.07. The zero-order valence-electron chi connectivity index (χ0n) is 13.0. The van der Waals surface area contributed by atoms with E-state index in [4.69, 9.17) is 5.26 Å². The highest BCUT2D eigenvalue weighted by atomic mass is 19.3. The van der Waals surface area contributed by atoms with Crippen molar-refractivity contribution >= 4 is 11.7 Å². The van der Waals surface area contributed by atoms with Gasteiger partial charge >= 0.3 is 0 Å². The van der Waals surface area contributed by atoms with E-state index in [1.54, 1.807) is 18.3 Å². The SMILES string of the molecule is N#C[C@H]1CC(F)(F)CN1C(=O)CCC(=O)c1ccncc1C1CC1. The lowest BCUT2D eigenvalue weighted by Gasteiger charge is -2.19. The monoisotopic (exact) mass is 333 g/mol. The topological polar surface area (TPSA) is 74.1 Å². The van der Waals surface area contributed by atoms with Gasteiger partial charge in [-0.25, -0.2) is 8.78 Å². The van der Waals surface area contributed by atoms with Gasteiger partial charge in [0.2, 0.25) is 5.91 Å². The van der Waals surface area contributed by atoms with Crippen molar-refractivity contribution in [3.8, 4) is 6.07 Å². The molecule has 0 unspecified atom stereocenters. The number of hydrogen-bond donors (Lipinski definition) is 0. The van der Waals surface area contributed by atoms with E-state index in [1.807, 2.05) is 0 Å². The molecule has 0 radical (unpaired) electrons. The minimum absolute atomic E-state index is 0.0528. The van der Waals surface area contributed by atoms with Crippen molar-refractivity contribution in [1.82, 2.24) is 9.88 Å². The van der Waals surface area contributed by atoms with Gasteiger partial charge in [-0.05, 0) is 30.4 Å². The second-order valence-electron chi connectivity index (χ2n) is 6.39. The van der Waals surface area contributed by atoms with Crippen LogP contribution < -0.4 is 0 Å². The Bertz CT molecular complexity index is 710. The number of carbonyl (C=O) groups excluding carboxylic acids is 2. The van der Waals surface area contributed by atoms with Gasteiger partial charge in [-0.3, -0.25) is 14.6 Å². The van der Waals surface area contributed by atoms with E-state index in [9.17, 15) is 18.4 Å². The molecule has 1 aliphatic heterocycles. The van der Waals surface area contributed by atoms with Crippen LogP contribution in [-0.2, 0) is 4.79 Å². The third-order valence-electron chi connectivity index (χ3n) is 4.47. The van der Waals surface area contributed by atoms with Crippen molar-refractivity contribution < 1.29 is 18.4 Å². The summed E-state index contributed by atoms with van der Waals surface area (Å²) in [7, 11) is 0. The molecular formula is C17H17F2N3O2. The summed E-state index contributed by atoms with van der Waals surface area (Å²) in [5, 5.41) is 8.93. The third kappa shape index (κ3) is 3.42. The van der Waals surface area contributed by atoms with Crippen molar-refractivity contribution in [3.63, 3.8) is 0 Å². The second-order valence-corrected chi connectivity index (χ2v) is 6.39. The maximum absolute atomic E-state index is 13.4. The van der Waals surface area contributed by atoms with Crippen LogP contribution in [0, 0.1) is 11.3 Å². The molecule has 1 amide bonds. The van der Waals surface area contributed by atoms with E-state index in [1.165, 1.54) is 6.20 Å². The van der Waals surface area contributed by atoms with Gasteiger partial charge in [0, 0.05) is 37.2 Å². The van der Waals surface area contributed by atoms with Crippen LogP contribution in [0.4, 0.5) is 8.78 Å². The molecule has 3 rings (SSSR count). The summed E-state index contributed by atoms with van der Waals surface area (Å²) >= 11 is 0. The molecule has 24 heavy (non-hydrogen) atoms. The fourth-order valence-electron chi connectivity index (χ4n) is 3.07. The molecule has 1 aromatic heterocycles. The van der Waals surface area contributed by atoms with Crippen LogP contribution in [0.15, 0.2) is 18.5 Å². The average Bonchev–Trinajstić information content (AvgIpc) is 3.35. The van der Waals surface area contributed by atoms with Crippen LogP contribution in [-0.4, -0.2) is 40.1 Å². The highest BCUT2D eigenvalue weighted by Gasteiger charge is 2.47. The van der Waals surface area contributed by atoms with Gasteiger partial charge in [-0.1, -0.05) is 0 Å². The lowest BCUT2D eigenvalue weighted by molar-refractivity contribution is -0.132. The Morgan fingerprint density at radius 3 is 2.79 bits per heavy atom. The van der Waals surface area contributed by atoms with E-state index >= 15 is 0 Å². The average molecular weight is 333 g/mol. The van der Waals surface area contributed by atoms with Crippen molar-refractivity contribution in [1.29, 1.82) is 5.26 Å². The molecule has 1 aliphatic carbocycles. The molecule has 1 saturated heterocycles. The van der Waals surface area contributed by atoms with Crippen LogP contribution in [0.1, 0.15) is 53.9 Å². The number of pyridine rings is 1. The second kappa shape index (κ2) is 6.27. The number of halogens is 2. The molecular weight excluding hydrogens is 316 g/mol. The molecule has 1 aromatic rings. The first-order valence-corrected chi connectivity index (χ1v) is 7.95. The summed E-state index contributed by atoms with van der Waals surface area (Å²) in [5.74, 6) is -3.44. The van der Waals surface area contributed by atoms with Crippen molar-refractivity contribution in [2.45, 2.75) is 50.0 Å².